The third-order valence-electron chi connectivity index (χ3n) is 14.9. The van der Waals surface area contributed by atoms with Crippen LogP contribution in [0, 0.1) is 27.6 Å². The Morgan fingerprint density at radius 3 is 1.85 bits per heavy atom. The zero-order valence-electron chi connectivity index (χ0n) is 44.4. The van der Waals surface area contributed by atoms with Gasteiger partial charge in [0, 0.05) is 75.5 Å². The molecule has 23 heteroatoms. The van der Waals surface area contributed by atoms with E-state index in [0.29, 0.717) is 22.7 Å². The number of thioether (sulfide) groups is 2. The van der Waals surface area contributed by atoms with Gasteiger partial charge in [-0.1, -0.05) is 68.3 Å². The minimum atomic E-state index is -1.83. The van der Waals surface area contributed by atoms with Crippen LogP contribution in [0.4, 0.5) is 0 Å². The first kappa shape index (κ1) is 57.3. The van der Waals surface area contributed by atoms with Crippen LogP contribution in [0.3, 0.4) is 0 Å². The van der Waals surface area contributed by atoms with Crippen molar-refractivity contribution in [1.82, 2.24) is 39.9 Å². The molecule has 2 amide bonds. The number of hydrogen-bond acceptors (Lipinski definition) is 18. The molecule has 0 unspecified atom stereocenters. The van der Waals surface area contributed by atoms with Crippen LogP contribution in [0.5, 0.6) is 0 Å². The lowest BCUT2D eigenvalue weighted by molar-refractivity contribution is -0.163. The lowest BCUT2D eigenvalue weighted by Gasteiger charge is -2.48. The average Bonchev–Trinajstić information content (AvgIpc) is 4.24. The van der Waals surface area contributed by atoms with E-state index in [1.807, 2.05) is 19.2 Å². The number of likely N-dealkylation sites (N-methyl/N-ethyl adjacent to an activating group) is 2. The number of aliphatic carboxylic acids is 1. The van der Waals surface area contributed by atoms with E-state index in [2.05, 4.69) is 122 Å². The second-order valence-electron chi connectivity index (χ2n) is 20.9. The number of ether oxygens (including phenoxy) is 1. The summed E-state index contributed by atoms with van der Waals surface area (Å²) in [7, 11) is 2.41. The molecule has 11 atom stereocenters. The van der Waals surface area contributed by atoms with E-state index in [0.717, 1.165) is 54.1 Å². The average molecular weight is 1150 g/mol. The predicted octanol–water partition coefficient (Wildman–Crippen LogP) is 8.90. The highest BCUT2D eigenvalue weighted by atomic mass is 32.2. The maximum Gasteiger partial charge on any atom is 0.356 e. The number of aliphatic hydroxyl groups excluding tert-OH is 1. The monoisotopic (exact) mass is 1150 g/mol. The van der Waals surface area contributed by atoms with Gasteiger partial charge in [-0.05, 0) is 97.3 Å². The summed E-state index contributed by atoms with van der Waals surface area (Å²) in [5.74, 6) is -2.98. The minimum absolute atomic E-state index is 0.0234. The molecule has 2 saturated heterocycles. The molecule has 7 aliphatic rings. The summed E-state index contributed by atoms with van der Waals surface area (Å²) >= 11 is 12.5. The van der Waals surface area contributed by atoms with Crippen LogP contribution in [0.2, 0.25) is 19.6 Å². The smallest absolute Gasteiger partial charge is 0.356 e. The molecule has 0 spiro atoms. The lowest BCUT2D eigenvalue weighted by atomic mass is 9.79. The molecule has 10 rings (SSSR count). The van der Waals surface area contributed by atoms with Crippen molar-refractivity contribution in [2.45, 2.75) is 119 Å². The molecule has 0 radical (unpaired) electrons. The Hall–Kier alpha value is -3.85. The van der Waals surface area contributed by atoms with Gasteiger partial charge in [0.1, 0.15) is 18.0 Å². The van der Waals surface area contributed by atoms with Gasteiger partial charge in [0.15, 0.2) is 21.0 Å². The molecule has 0 aromatic carbocycles. The number of thiazole rings is 3. The molecule has 0 aliphatic carbocycles. The Labute approximate surface area is 466 Å². The second-order valence-corrected chi connectivity index (χ2v) is 31.2. The van der Waals surface area contributed by atoms with Crippen molar-refractivity contribution in [3.63, 3.8) is 0 Å². The number of nitrogens with one attached hydrogen (secondary N) is 2. The van der Waals surface area contributed by atoms with Crippen molar-refractivity contribution < 1.29 is 38.6 Å². The Kier molecular flexibility index (Phi) is 17.8. The van der Waals surface area contributed by atoms with Crippen LogP contribution >= 0.6 is 69.8 Å². The first-order chi connectivity index (χ1) is 35.4. The summed E-state index contributed by atoms with van der Waals surface area (Å²) in [6.07, 6.45) is 7.14. The summed E-state index contributed by atoms with van der Waals surface area (Å²) in [5.41, 5.74) is 7.20. The van der Waals surface area contributed by atoms with Crippen LogP contribution in [-0.2, 0) is 28.3 Å². The molecule has 0 saturated carbocycles. The Morgan fingerprint density at radius 1 is 0.840 bits per heavy atom. The van der Waals surface area contributed by atoms with Crippen molar-refractivity contribution in [3.8, 4) is 0 Å². The van der Waals surface area contributed by atoms with Gasteiger partial charge in [-0.25, -0.2) is 19.6 Å². The molecule has 3 aromatic rings. The third kappa shape index (κ3) is 11.5. The SMILES string of the molecule is C=CCOC(=O)C1=C(Sc2nc(C3=CCN(C)[C@@H]3C)cs2)[C@H](C)[C@@H]2[C@@H]([C@@H](C)O[Si](C)(C)C)C(=O)N12.C[C@@H]1C(c2csc(=S)[nH]2)=CCN1C.C[C@H]1NCC=C1c1csc(SC2=C(C(=O)O)N3C(=O)[C@H]([C@@H](C)O)[C@H]3[C@H]2C)n1. The number of hydrogen-bond donors (Lipinski definition) is 4. The van der Waals surface area contributed by atoms with Crippen LogP contribution in [0.15, 0.2) is 76.9 Å². The summed E-state index contributed by atoms with van der Waals surface area (Å²) in [6.45, 7) is 26.9. The molecule has 16 nitrogen and oxygen atoms in total. The summed E-state index contributed by atoms with van der Waals surface area (Å²) in [5, 5.41) is 29.1. The fourth-order valence-corrected chi connectivity index (χ4v) is 17.1. The van der Waals surface area contributed by atoms with Crippen LogP contribution in [-0.4, -0.2) is 160 Å². The van der Waals surface area contributed by atoms with E-state index >= 15 is 0 Å². The number of esters is 1. The molecule has 10 heterocycles. The molecule has 4 N–H and O–H groups in total. The predicted molar refractivity (Wildman–Crippen MR) is 306 cm³/mol. The highest BCUT2D eigenvalue weighted by Crippen LogP contribution is 2.54. The van der Waals surface area contributed by atoms with Crippen molar-refractivity contribution in [2.24, 2.45) is 23.7 Å². The molecule has 404 valence electrons. The fraction of sp³-hybridized carbons (Fsp3) is 0.519. The molecule has 0 bridgehead atoms. The van der Waals surface area contributed by atoms with Gasteiger partial charge < -0.3 is 39.5 Å². The first-order valence-corrected chi connectivity index (χ1v) is 33.2. The van der Waals surface area contributed by atoms with Crippen molar-refractivity contribution in [3.05, 3.63) is 89.3 Å². The highest BCUT2D eigenvalue weighted by molar-refractivity contribution is 8.05. The number of carboxylic acids is 1. The van der Waals surface area contributed by atoms with E-state index in [9.17, 15) is 29.4 Å². The number of aromatic amines is 1. The lowest BCUT2D eigenvalue weighted by Crippen LogP contribution is -2.64. The van der Waals surface area contributed by atoms with Crippen LogP contribution in [0.1, 0.15) is 65.5 Å². The molecular weight excluding hydrogens is 1090 g/mol. The minimum Gasteiger partial charge on any atom is -0.477 e. The number of amides is 2. The zero-order valence-corrected chi connectivity index (χ0v) is 50.3. The quantitative estimate of drug-likeness (QED) is 0.0370. The van der Waals surface area contributed by atoms with Gasteiger partial charge in [0.2, 0.25) is 11.8 Å². The number of β-lactam (4-membered cyclic amide) rings is 2. The van der Waals surface area contributed by atoms with E-state index < -0.39 is 32.3 Å². The standard InChI is InChI=1S/C25H35N3O4S2Si.C18H21N3O4S2.C9H12N2S2/c1-9-12-31-24(30)21-22(34-25-26-18(13-33-25)17-10-11-27(5)15(17)3)14(2)20-19(23(29)28(20)21)16(4)32-35(6,7)8;1-7-13-12(9(3)22)16(23)21(13)14(17(24)25)15(7)27-18-20-11(6-26-18)10-4-5-19-8(10)2;1-6-7(3-4-11(6)2)8-5-13-9(12)10-8/h9-10,13-16,19-20H,1,11-12H2,2-8H3;4,6-9,12-13,19,22H,5H2,1-3H3,(H,24,25);3,5-6H,4H2,1-2H3,(H,10,12)/t14-,15-,16-,19-,20-;7-,8-,9-,12-,13-;6-/m111/s1. The van der Waals surface area contributed by atoms with Crippen molar-refractivity contribution >= 4 is 119 Å². The zero-order chi connectivity index (χ0) is 54.5. The van der Waals surface area contributed by atoms with E-state index in [1.54, 1.807) is 34.5 Å². The van der Waals surface area contributed by atoms with Crippen molar-refractivity contribution in [2.75, 3.05) is 40.3 Å². The molecule has 7 aliphatic heterocycles. The highest BCUT2D eigenvalue weighted by Gasteiger charge is 2.62. The van der Waals surface area contributed by atoms with Crippen molar-refractivity contribution in [1.29, 1.82) is 0 Å². The normalized spacial score (nSPS) is 28.1. The van der Waals surface area contributed by atoms with E-state index in [-0.39, 0.29) is 66.1 Å². The fourth-order valence-electron chi connectivity index (χ4n) is 10.8. The molecule has 2 fully saturated rings. The number of nitrogens with zero attached hydrogens (tertiary/aromatic N) is 6. The van der Waals surface area contributed by atoms with Gasteiger partial charge in [0.05, 0.1) is 53.2 Å². The number of aromatic nitrogens is 3. The Bertz CT molecular complexity index is 2950. The summed E-state index contributed by atoms with van der Waals surface area (Å²) in [6, 6.07) is 0.647. The maximum atomic E-state index is 13.3. The number of rotatable bonds is 15. The number of carbonyl (C=O) groups excluding carboxylic acids is 3. The topological polar surface area (TPSA) is 194 Å². The number of carbonyl (C=O) groups is 4. The number of fused-ring (bicyclic) bond motifs is 2. The van der Waals surface area contributed by atoms with Gasteiger partial charge >= 0.3 is 11.9 Å². The van der Waals surface area contributed by atoms with Gasteiger partial charge in [-0.15, -0.1) is 34.0 Å². The Morgan fingerprint density at radius 2 is 1.37 bits per heavy atom. The second kappa shape index (κ2) is 23.2. The summed E-state index contributed by atoms with van der Waals surface area (Å²) in [4.78, 5) is 72.4. The van der Waals surface area contributed by atoms with Gasteiger partial charge in [-0.2, -0.15) is 0 Å². The van der Waals surface area contributed by atoms with Crippen LogP contribution < -0.4 is 5.32 Å². The largest absolute Gasteiger partial charge is 0.477 e. The van der Waals surface area contributed by atoms with E-state index in [1.165, 1.54) is 62.7 Å². The number of carboxylic acid groups (broad SMARTS) is 1. The van der Waals surface area contributed by atoms with Crippen LogP contribution in [0.25, 0.3) is 16.7 Å². The van der Waals surface area contributed by atoms with Gasteiger partial charge in [0.25, 0.3) is 0 Å². The summed E-state index contributed by atoms with van der Waals surface area (Å²) < 4.78 is 14.2. The Balaban J connectivity index is 0.000000164. The van der Waals surface area contributed by atoms with E-state index in [4.69, 9.17) is 26.4 Å². The maximum absolute atomic E-state index is 13.3. The molecule has 3 aromatic heterocycles. The number of aliphatic hydroxyl groups is 1. The van der Waals surface area contributed by atoms with Gasteiger partial charge in [-0.3, -0.25) is 19.4 Å². The number of H-pyrrole nitrogens is 1. The third-order valence-corrected chi connectivity index (χ3v) is 21.5. The molecule has 75 heavy (non-hydrogen) atoms. The molecular formula is C52H68N8O8S6Si. The first-order valence-electron chi connectivity index (χ1n) is 25.1.